The number of rotatable bonds is 1. The van der Waals surface area contributed by atoms with Crippen LogP contribution in [0, 0.1) is 13.8 Å². The van der Waals surface area contributed by atoms with Gasteiger partial charge in [0.25, 0.3) is 0 Å². The van der Waals surface area contributed by atoms with Crippen LogP contribution in [0.25, 0.3) is 11.3 Å². The van der Waals surface area contributed by atoms with Crippen LogP contribution in [0.15, 0.2) is 18.2 Å². The second kappa shape index (κ2) is 4.05. The highest BCUT2D eigenvalue weighted by molar-refractivity contribution is 5.69. The summed E-state index contributed by atoms with van der Waals surface area (Å²) in [6, 6.07) is 6.16. The molecule has 1 aliphatic rings. The Balaban J connectivity index is 2.15. The summed E-state index contributed by atoms with van der Waals surface area (Å²) >= 11 is 0. The fourth-order valence-electron chi connectivity index (χ4n) is 2.33. The van der Waals surface area contributed by atoms with Crippen molar-refractivity contribution in [2.45, 2.75) is 13.8 Å². The van der Waals surface area contributed by atoms with Crippen molar-refractivity contribution in [2.24, 2.45) is 7.05 Å². The van der Waals surface area contributed by atoms with E-state index in [0.717, 1.165) is 28.5 Å². The molecule has 0 aliphatic carbocycles. The van der Waals surface area contributed by atoms with Gasteiger partial charge in [-0.3, -0.25) is 4.68 Å². The first-order valence-corrected chi connectivity index (χ1v) is 6.06. The third-order valence-corrected chi connectivity index (χ3v) is 3.17. The highest BCUT2D eigenvalue weighted by Gasteiger charge is 2.16. The van der Waals surface area contributed by atoms with Crippen molar-refractivity contribution in [1.82, 2.24) is 9.78 Å². The van der Waals surface area contributed by atoms with Crippen molar-refractivity contribution in [1.29, 1.82) is 0 Å². The fourth-order valence-corrected chi connectivity index (χ4v) is 2.33. The Morgan fingerprint density at radius 3 is 2.33 bits per heavy atom. The molecule has 0 saturated heterocycles. The summed E-state index contributed by atoms with van der Waals surface area (Å²) in [6.07, 6.45) is 0. The average Bonchev–Trinajstić information content (AvgIpc) is 2.67. The first-order chi connectivity index (χ1) is 8.65. The summed E-state index contributed by atoms with van der Waals surface area (Å²) in [4.78, 5) is 0. The molecule has 2 aromatic rings. The fraction of sp³-hybridized carbons (Fsp3) is 0.357. The molecule has 0 atom stereocenters. The molecule has 0 saturated carbocycles. The molecule has 3 rings (SSSR count). The zero-order chi connectivity index (χ0) is 12.7. The number of hydrogen-bond donors (Lipinski definition) is 0. The van der Waals surface area contributed by atoms with E-state index >= 15 is 0 Å². The van der Waals surface area contributed by atoms with Crippen LogP contribution < -0.4 is 9.47 Å². The molecule has 18 heavy (non-hydrogen) atoms. The van der Waals surface area contributed by atoms with E-state index in [1.165, 1.54) is 5.56 Å². The van der Waals surface area contributed by atoms with Crippen LogP contribution in [0.2, 0.25) is 0 Å². The van der Waals surface area contributed by atoms with E-state index in [-0.39, 0.29) is 0 Å². The van der Waals surface area contributed by atoms with Gasteiger partial charge in [0.1, 0.15) is 13.2 Å². The van der Waals surface area contributed by atoms with Crippen molar-refractivity contribution in [3.05, 3.63) is 29.5 Å². The van der Waals surface area contributed by atoms with Gasteiger partial charge in [-0.2, -0.15) is 5.10 Å². The van der Waals surface area contributed by atoms with E-state index in [9.17, 15) is 0 Å². The van der Waals surface area contributed by atoms with Crippen LogP contribution in [0.1, 0.15) is 11.3 Å². The Kier molecular flexibility index (Phi) is 2.51. The zero-order valence-corrected chi connectivity index (χ0v) is 10.9. The Morgan fingerprint density at radius 2 is 1.72 bits per heavy atom. The van der Waals surface area contributed by atoms with Gasteiger partial charge in [-0.1, -0.05) is 0 Å². The van der Waals surface area contributed by atoms with Crippen LogP contribution in [0.3, 0.4) is 0 Å². The minimum absolute atomic E-state index is 0.611. The Bertz CT molecular complexity index is 602. The molecule has 0 N–H and O–H groups in total. The highest BCUT2D eigenvalue weighted by atomic mass is 16.6. The van der Waals surface area contributed by atoms with Crippen LogP contribution >= 0.6 is 0 Å². The summed E-state index contributed by atoms with van der Waals surface area (Å²) in [7, 11) is 1.96. The van der Waals surface area contributed by atoms with Gasteiger partial charge in [0, 0.05) is 12.6 Å². The summed E-state index contributed by atoms with van der Waals surface area (Å²) in [5, 5.41) is 4.39. The first kappa shape index (κ1) is 11.1. The van der Waals surface area contributed by atoms with E-state index in [1.54, 1.807) is 0 Å². The van der Waals surface area contributed by atoms with E-state index in [0.29, 0.717) is 13.2 Å². The van der Waals surface area contributed by atoms with E-state index in [4.69, 9.17) is 9.47 Å². The molecule has 0 unspecified atom stereocenters. The lowest BCUT2D eigenvalue weighted by molar-refractivity contribution is 0.171. The number of nitrogens with zero attached hydrogens (tertiary/aromatic N) is 2. The lowest BCUT2D eigenvalue weighted by Gasteiger charge is -2.20. The second-order valence-corrected chi connectivity index (χ2v) is 4.61. The molecule has 4 heteroatoms. The van der Waals surface area contributed by atoms with Gasteiger partial charge in [-0.25, -0.2) is 0 Å². The molecule has 0 radical (unpaired) electrons. The van der Waals surface area contributed by atoms with Crippen molar-refractivity contribution in [3.8, 4) is 22.8 Å². The van der Waals surface area contributed by atoms with Gasteiger partial charge in [-0.05, 0) is 37.6 Å². The Morgan fingerprint density at radius 1 is 1.06 bits per heavy atom. The Hall–Kier alpha value is -1.97. The maximum Gasteiger partial charge on any atom is 0.162 e. The minimum atomic E-state index is 0.611. The molecule has 0 amide bonds. The van der Waals surface area contributed by atoms with Crippen molar-refractivity contribution in [3.63, 3.8) is 0 Å². The predicted molar refractivity (Wildman–Crippen MR) is 69.1 cm³/mol. The zero-order valence-electron chi connectivity index (χ0n) is 10.9. The van der Waals surface area contributed by atoms with Gasteiger partial charge in [-0.15, -0.1) is 0 Å². The lowest BCUT2D eigenvalue weighted by atomic mass is 10.0. The van der Waals surface area contributed by atoms with Gasteiger partial charge in [0.05, 0.1) is 11.4 Å². The lowest BCUT2D eigenvalue weighted by Crippen LogP contribution is -2.15. The molecule has 2 heterocycles. The maximum absolute atomic E-state index is 5.63. The molecule has 0 bridgehead atoms. The van der Waals surface area contributed by atoms with Gasteiger partial charge in [0.2, 0.25) is 0 Å². The number of benzene rings is 1. The van der Waals surface area contributed by atoms with Crippen molar-refractivity contribution >= 4 is 0 Å². The number of fused-ring (bicyclic) bond motifs is 1. The standard InChI is InChI=1S/C14H16N2O2/c1-9-6-13-14(18-5-4-17-13)8-11(9)12-7-10(2)15-16(12)3/h6-8H,4-5H2,1-3H3. The largest absolute Gasteiger partial charge is 0.486 e. The van der Waals surface area contributed by atoms with Crippen LogP contribution in [-0.2, 0) is 7.05 Å². The summed E-state index contributed by atoms with van der Waals surface area (Å²) in [6.45, 7) is 5.31. The molecule has 1 aromatic heterocycles. The number of hydrogen-bond acceptors (Lipinski definition) is 3. The third kappa shape index (κ3) is 1.74. The summed E-state index contributed by atoms with van der Waals surface area (Å²) in [5.41, 5.74) is 4.42. The SMILES string of the molecule is Cc1cc(-c2cc3c(cc2C)OCCO3)n(C)n1. The molecular formula is C14H16N2O2. The Labute approximate surface area is 106 Å². The number of aromatic nitrogens is 2. The topological polar surface area (TPSA) is 36.3 Å². The molecule has 1 aromatic carbocycles. The smallest absolute Gasteiger partial charge is 0.162 e. The summed E-state index contributed by atoms with van der Waals surface area (Å²) in [5.74, 6) is 1.65. The molecule has 0 fully saturated rings. The highest BCUT2D eigenvalue weighted by Crippen LogP contribution is 2.37. The molecular weight excluding hydrogens is 228 g/mol. The van der Waals surface area contributed by atoms with Gasteiger partial charge in [0.15, 0.2) is 11.5 Å². The van der Waals surface area contributed by atoms with E-state index in [2.05, 4.69) is 18.1 Å². The number of ether oxygens (including phenoxy) is 2. The van der Waals surface area contributed by atoms with E-state index < -0.39 is 0 Å². The molecule has 4 nitrogen and oxygen atoms in total. The first-order valence-electron chi connectivity index (χ1n) is 6.06. The number of aryl methyl sites for hydroxylation is 3. The van der Waals surface area contributed by atoms with Crippen LogP contribution in [-0.4, -0.2) is 23.0 Å². The van der Waals surface area contributed by atoms with Gasteiger partial charge < -0.3 is 9.47 Å². The summed E-state index contributed by atoms with van der Waals surface area (Å²) < 4.78 is 13.1. The van der Waals surface area contributed by atoms with Crippen LogP contribution in [0.5, 0.6) is 11.5 Å². The normalized spacial score (nSPS) is 13.7. The van der Waals surface area contributed by atoms with Gasteiger partial charge >= 0.3 is 0 Å². The van der Waals surface area contributed by atoms with Crippen molar-refractivity contribution in [2.75, 3.05) is 13.2 Å². The molecule has 94 valence electrons. The second-order valence-electron chi connectivity index (χ2n) is 4.61. The molecule has 1 aliphatic heterocycles. The van der Waals surface area contributed by atoms with Crippen molar-refractivity contribution < 1.29 is 9.47 Å². The monoisotopic (exact) mass is 244 g/mol. The van der Waals surface area contributed by atoms with E-state index in [1.807, 2.05) is 30.8 Å². The minimum Gasteiger partial charge on any atom is -0.486 e. The average molecular weight is 244 g/mol. The molecule has 0 spiro atoms. The van der Waals surface area contributed by atoms with Crippen LogP contribution in [0.4, 0.5) is 0 Å². The third-order valence-electron chi connectivity index (χ3n) is 3.17. The quantitative estimate of drug-likeness (QED) is 0.773. The maximum atomic E-state index is 5.63. The predicted octanol–water partition coefficient (Wildman–Crippen LogP) is 2.48.